The van der Waals surface area contributed by atoms with Gasteiger partial charge in [-0.1, -0.05) is 0 Å². The molecule has 4 saturated carbocycles. The second kappa shape index (κ2) is 8.20. The van der Waals surface area contributed by atoms with Crippen LogP contribution in [0.1, 0.15) is 73.6 Å². The molecular weight excluding hydrogens is 380 g/mol. The van der Waals surface area contributed by atoms with E-state index in [1.165, 1.54) is 38.5 Å². The number of carbonyl (C=O) groups excluding carboxylic acids is 3. The van der Waals surface area contributed by atoms with Crippen LogP contribution in [0.4, 0.5) is 0 Å². The number of amides is 1. The molecule has 4 bridgehead atoms. The van der Waals surface area contributed by atoms with Crippen LogP contribution in [0.15, 0.2) is 6.07 Å². The largest absolute Gasteiger partial charge is 0.456 e. The highest BCUT2D eigenvalue weighted by atomic mass is 16.5. The maximum atomic E-state index is 12.5. The van der Waals surface area contributed by atoms with Crippen molar-refractivity contribution in [3.05, 3.63) is 23.0 Å². The van der Waals surface area contributed by atoms with Gasteiger partial charge in [0.05, 0.1) is 0 Å². The fourth-order valence-corrected chi connectivity index (χ4v) is 6.93. The number of hydrogen-bond donors (Lipinski definition) is 1. The first-order chi connectivity index (χ1) is 14.3. The van der Waals surface area contributed by atoms with Crippen molar-refractivity contribution >= 4 is 17.7 Å². The third-order valence-corrected chi connectivity index (χ3v) is 7.69. The maximum Gasteiger partial charge on any atom is 0.325 e. The van der Waals surface area contributed by atoms with Crippen molar-refractivity contribution in [3.8, 4) is 0 Å². The van der Waals surface area contributed by atoms with E-state index in [-0.39, 0.29) is 30.3 Å². The highest BCUT2D eigenvalue weighted by Crippen LogP contribution is 2.61. The third-order valence-electron chi connectivity index (χ3n) is 7.69. The molecule has 5 rings (SSSR count). The third kappa shape index (κ3) is 4.19. The van der Waals surface area contributed by atoms with Gasteiger partial charge in [0.15, 0.2) is 6.61 Å². The van der Waals surface area contributed by atoms with Crippen LogP contribution in [-0.2, 0) is 20.9 Å². The van der Waals surface area contributed by atoms with Crippen LogP contribution >= 0.6 is 0 Å². The van der Waals surface area contributed by atoms with Gasteiger partial charge in [-0.2, -0.15) is 0 Å². The van der Waals surface area contributed by atoms with Gasteiger partial charge in [-0.15, -0.1) is 0 Å². The fourth-order valence-electron chi connectivity index (χ4n) is 6.93. The van der Waals surface area contributed by atoms with Crippen molar-refractivity contribution in [3.63, 3.8) is 0 Å². The van der Waals surface area contributed by atoms with E-state index in [1.54, 1.807) is 0 Å². The highest BCUT2D eigenvalue weighted by Gasteiger charge is 2.51. The molecule has 1 aromatic heterocycles. The number of rotatable bonds is 8. The van der Waals surface area contributed by atoms with Gasteiger partial charge in [0, 0.05) is 29.9 Å². The molecule has 0 saturated heterocycles. The van der Waals surface area contributed by atoms with Crippen molar-refractivity contribution < 1.29 is 19.1 Å². The summed E-state index contributed by atoms with van der Waals surface area (Å²) in [6.45, 7) is 6.21. The van der Waals surface area contributed by atoms with E-state index >= 15 is 0 Å². The van der Waals surface area contributed by atoms with Gasteiger partial charge in [-0.05, 0) is 88.5 Å². The molecule has 1 heterocycles. The smallest absolute Gasteiger partial charge is 0.325 e. The summed E-state index contributed by atoms with van der Waals surface area (Å²) in [6, 6.07) is 1.84. The number of carbonyl (C=O) groups is 3. The van der Waals surface area contributed by atoms with Crippen LogP contribution in [0.25, 0.3) is 0 Å². The molecule has 0 aromatic carbocycles. The lowest BCUT2D eigenvalue weighted by Gasteiger charge is -2.56. The number of Topliss-reactive ketones (excluding diaryl/α,β-unsaturated/α-hetero) is 1. The summed E-state index contributed by atoms with van der Waals surface area (Å²) in [7, 11) is 0. The summed E-state index contributed by atoms with van der Waals surface area (Å²) in [5.41, 5.74) is 2.65. The number of nitrogens with one attached hydrogen (secondary N) is 1. The monoisotopic (exact) mass is 414 g/mol. The van der Waals surface area contributed by atoms with E-state index in [0.29, 0.717) is 12.0 Å². The second-order valence-corrected chi connectivity index (χ2v) is 9.98. The minimum atomic E-state index is -0.563. The Morgan fingerprint density at radius 3 is 2.23 bits per heavy atom. The minimum Gasteiger partial charge on any atom is -0.456 e. The van der Waals surface area contributed by atoms with Crippen LogP contribution < -0.4 is 5.32 Å². The molecule has 30 heavy (non-hydrogen) atoms. The van der Waals surface area contributed by atoms with Gasteiger partial charge in [0.25, 0.3) is 0 Å². The number of ketones is 1. The summed E-state index contributed by atoms with van der Waals surface area (Å²) in [5, 5.41) is 2.73. The van der Waals surface area contributed by atoms with Crippen LogP contribution in [0, 0.1) is 37.0 Å². The second-order valence-electron chi connectivity index (χ2n) is 9.98. The molecule has 6 heteroatoms. The van der Waals surface area contributed by atoms with Gasteiger partial charge >= 0.3 is 5.97 Å². The van der Waals surface area contributed by atoms with Crippen LogP contribution in [-0.4, -0.2) is 35.4 Å². The predicted molar refractivity (Wildman–Crippen MR) is 113 cm³/mol. The van der Waals surface area contributed by atoms with Crippen LogP contribution in [0.3, 0.4) is 0 Å². The zero-order chi connectivity index (χ0) is 21.5. The average molecular weight is 415 g/mol. The summed E-state index contributed by atoms with van der Waals surface area (Å²) in [5.74, 6) is 1.56. The number of aromatic nitrogens is 1. The molecule has 4 aliphatic rings. The molecule has 0 spiro atoms. The van der Waals surface area contributed by atoms with Crippen LogP contribution in [0.5, 0.6) is 0 Å². The Morgan fingerprint density at radius 1 is 1.10 bits per heavy atom. The number of hydrogen-bond acceptors (Lipinski definition) is 4. The van der Waals surface area contributed by atoms with E-state index in [2.05, 4.69) is 9.88 Å². The molecule has 1 N–H and O–H groups in total. The van der Waals surface area contributed by atoms with Crippen molar-refractivity contribution in [1.29, 1.82) is 0 Å². The summed E-state index contributed by atoms with van der Waals surface area (Å²) in [6.07, 6.45) is 8.07. The van der Waals surface area contributed by atoms with Crippen molar-refractivity contribution in [1.82, 2.24) is 9.88 Å². The molecule has 6 nitrogen and oxygen atoms in total. The van der Waals surface area contributed by atoms with E-state index in [0.717, 1.165) is 35.7 Å². The number of aryl methyl sites for hydroxylation is 1. The van der Waals surface area contributed by atoms with Crippen molar-refractivity contribution in [2.45, 2.75) is 72.3 Å². The maximum absolute atomic E-state index is 12.5. The van der Waals surface area contributed by atoms with E-state index < -0.39 is 5.97 Å². The van der Waals surface area contributed by atoms with Gasteiger partial charge < -0.3 is 14.6 Å². The van der Waals surface area contributed by atoms with Crippen LogP contribution in [0.2, 0.25) is 0 Å². The standard InChI is InChI=1S/C24H34N2O4/c1-4-26-15(2)5-20(16(26)3)21(27)14-30-23(29)13-25-22(28)12-24-9-17-6-18(10-24)8-19(7-17)11-24/h5,17-19H,4,6-14H2,1-3H3,(H,25,28). The van der Waals surface area contributed by atoms with Gasteiger partial charge in [0.2, 0.25) is 11.7 Å². The van der Waals surface area contributed by atoms with Gasteiger partial charge in [-0.25, -0.2) is 0 Å². The first kappa shape index (κ1) is 21.1. The molecule has 4 aliphatic carbocycles. The summed E-state index contributed by atoms with van der Waals surface area (Å²) >= 11 is 0. The first-order valence-corrected chi connectivity index (χ1v) is 11.4. The lowest BCUT2D eigenvalue weighted by Crippen LogP contribution is -2.48. The fraction of sp³-hybridized carbons (Fsp3) is 0.708. The highest BCUT2D eigenvalue weighted by molar-refractivity contribution is 5.99. The normalized spacial score (nSPS) is 29.1. The molecule has 0 radical (unpaired) electrons. The molecule has 1 amide bonds. The quantitative estimate of drug-likeness (QED) is 0.521. The molecule has 164 valence electrons. The molecule has 4 fully saturated rings. The SMILES string of the molecule is CCn1c(C)cc(C(=O)COC(=O)CNC(=O)CC23CC4CC(CC(C4)C2)C3)c1C. The number of esters is 1. The topological polar surface area (TPSA) is 77.4 Å². The minimum absolute atomic E-state index is 0.0632. The number of ether oxygens (including phenoxy) is 1. The molecule has 1 aromatic rings. The number of nitrogens with zero attached hydrogens (tertiary/aromatic N) is 1. The van der Waals surface area contributed by atoms with E-state index in [9.17, 15) is 14.4 Å². The Kier molecular flexibility index (Phi) is 5.78. The Labute approximate surface area is 178 Å². The molecular formula is C24H34N2O4. The van der Waals surface area contributed by atoms with Crippen molar-refractivity contribution in [2.75, 3.05) is 13.2 Å². The Morgan fingerprint density at radius 2 is 1.70 bits per heavy atom. The Hall–Kier alpha value is -2.11. The Bertz CT molecular complexity index is 818. The summed E-state index contributed by atoms with van der Waals surface area (Å²) < 4.78 is 7.18. The molecule has 0 unspecified atom stereocenters. The predicted octanol–water partition coefficient (Wildman–Crippen LogP) is 3.57. The molecule has 0 atom stereocenters. The van der Waals surface area contributed by atoms with Gasteiger partial charge in [0.1, 0.15) is 6.54 Å². The lowest BCUT2D eigenvalue weighted by molar-refractivity contribution is -0.143. The van der Waals surface area contributed by atoms with Crippen molar-refractivity contribution in [2.24, 2.45) is 23.2 Å². The van der Waals surface area contributed by atoms with Gasteiger partial charge in [-0.3, -0.25) is 14.4 Å². The lowest BCUT2D eigenvalue weighted by atomic mass is 9.49. The zero-order valence-corrected chi connectivity index (χ0v) is 18.5. The van der Waals surface area contributed by atoms with E-state index in [1.807, 2.05) is 26.8 Å². The first-order valence-electron chi connectivity index (χ1n) is 11.4. The Balaban J connectivity index is 1.22. The zero-order valence-electron chi connectivity index (χ0n) is 18.5. The molecule has 0 aliphatic heterocycles. The average Bonchev–Trinajstić information content (AvgIpc) is 2.96. The van der Waals surface area contributed by atoms with E-state index in [4.69, 9.17) is 4.74 Å². The summed E-state index contributed by atoms with van der Waals surface area (Å²) in [4.78, 5) is 37.0.